The Kier molecular flexibility index (Phi) is 6.08. The minimum absolute atomic E-state index is 0.179. The van der Waals surface area contributed by atoms with Crippen molar-refractivity contribution in [2.75, 3.05) is 18.1 Å². The number of anilines is 1. The van der Waals surface area contributed by atoms with E-state index in [1.165, 1.54) is 17.8 Å². The molecule has 0 spiro atoms. The summed E-state index contributed by atoms with van der Waals surface area (Å²) in [6.07, 6.45) is 5.92. The number of amides is 1. The van der Waals surface area contributed by atoms with Crippen LogP contribution in [0.15, 0.2) is 36.7 Å². The fourth-order valence-corrected chi connectivity index (χ4v) is 4.07. The third-order valence-corrected chi connectivity index (χ3v) is 5.98. The molecular weight excluding hydrogens is 410 g/mol. The minimum atomic E-state index is -0.179. The van der Waals surface area contributed by atoms with Crippen LogP contribution >= 0.6 is 22.9 Å². The standard InChI is InChI=1S/C19H22ClN7OS/c1-13-3-2-8-26(23-9-13)18-7-4-15(11-21-18)27-12-14(24-25-27)10-22-19(28)16-5-6-17(20)29-16/h4-7,11-13,23H,2-3,8-10H2,1H3,(H,22,28). The Morgan fingerprint density at radius 2 is 2.28 bits per heavy atom. The smallest absolute Gasteiger partial charge is 0.261 e. The molecule has 4 rings (SSSR count). The zero-order valence-corrected chi connectivity index (χ0v) is 17.6. The van der Waals surface area contributed by atoms with E-state index in [-0.39, 0.29) is 12.5 Å². The lowest BCUT2D eigenvalue weighted by Crippen LogP contribution is -2.39. The van der Waals surface area contributed by atoms with Gasteiger partial charge in [-0.3, -0.25) is 9.80 Å². The average molecular weight is 432 g/mol. The number of pyridine rings is 1. The van der Waals surface area contributed by atoms with Crippen molar-refractivity contribution in [3.63, 3.8) is 0 Å². The second kappa shape index (κ2) is 8.89. The van der Waals surface area contributed by atoms with E-state index < -0.39 is 0 Å². The molecule has 0 saturated carbocycles. The maximum atomic E-state index is 12.1. The summed E-state index contributed by atoms with van der Waals surface area (Å²) in [7, 11) is 0. The van der Waals surface area contributed by atoms with Crippen LogP contribution in [-0.4, -0.2) is 39.0 Å². The molecule has 1 aliphatic heterocycles. The lowest BCUT2D eigenvalue weighted by molar-refractivity contribution is 0.0954. The molecule has 3 aromatic heterocycles. The van der Waals surface area contributed by atoms with Crippen molar-refractivity contribution < 1.29 is 4.79 Å². The molecule has 1 saturated heterocycles. The van der Waals surface area contributed by atoms with Crippen molar-refractivity contribution in [1.29, 1.82) is 0 Å². The van der Waals surface area contributed by atoms with Gasteiger partial charge in [0.15, 0.2) is 0 Å². The Balaban J connectivity index is 1.37. The highest BCUT2D eigenvalue weighted by Crippen LogP contribution is 2.21. The molecule has 1 unspecified atom stereocenters. The lowest BCUT2D eigenvalue weighted by Gasteiger charge is -2.22. The largest absolute Gasteiger partial charge is 0.346 e. The number of carbonyl (C=O) groups is 1. The van der Waals surface area contributed by atoms with Crippen LogP contribution in [0, 0.1) is 5.92 Å². The molecular formula is C19H22ClN7OS. The van der Waals surface area contributed by atoms with E-state index in [0.29, 0.717) is 20.8 Å². The molecule has 8 nitrogen and oxygen atoms in total. The van der Waals surface area contributed by atoms with Crippen LogP contribution < -0.4 is 15.8 Å². The van der Waals surface area contributed by atoms with Crippen molar-refractivity contribution in [3.05, 3.63) is 51.6 Å². The maximum Gasteiger partial charge on any atom is 0.261 e. The predicted octanol–water partition coefficient (Wildman–Crippen LogP) is 3.05. The molecule has 2 N–H and O–H groups in total. The van der Waals surface area contributed by atoms with E-state index in [0.717, 1.165) is 31.0 Å². The van der Waals surface area contributed by atoms with Gasteiger partial charge in [0.05, 0.1) is 33.8 Å². The van der Waals surface area contributed by atoms with Gasteiger partial charge in [-0.15, -0.1) is 16.4 Å². The maximum absolute atomic E-state index is 12.1. The first-order valence-corrected chi connectivity index (χ1v) is 10.7. The molecule has 1 aliphatic rings. The molecule has 152 valence electrons. The Bertz CT molecular complexity index is 971. The Labute approximate surface area is 177 Å². The van der Waals surface area contributed by atoms with Crippen molar-refractivity contribution in [2.45, 2.75) is 26.3 Å². The van der Waals surface area contributed by atoms with Crippen LogP contribution in [0.2, 0.25) is 4.34 Å². The Morgan fingerprint density at radius 3 is 3.03 bits per heavy atom. The van der Waals surface area contributed by atoms with E-state index in [9.17, 15) is 4.79 Å². The van der Waals surface area contributed by atoms with Gasteiger partial charge in [0.2, 0.25) is 0 Å². The highest BCUT2D eigenvalue weighted by molar-refractivity contribution is 7.17. The molecule has 29 heavy (non-hydrogen) atoms. The molecule has 4 heterocycles. The second-order valence-electron chi connectivity index (χ2n) is 7.08. The van der Waals surface area contributed by atoms with E-state index in [4.69, 9.17) is 11.6 Å². The fourth-order valence-electron chi connectivity index (χ4n) is 3.11. The fraction of sp³-hybridized carbons (Fsp3) is 0.368. The van der Waals surface area contributed by atoms with Gasteiger partial charge in [0.25, 0.3) is 5.91 Å². The minimum Gasteiger partial charge on any atom is -0.346 e. The van der Waals surface area contributed by atoms with Crippen LogP contribution in [0.4, 0.5) is 5.82 Å². The number of halogens is 1. The summed E-state index contributed by atoms with van der Waals surface area (Å²) in [6.45, 7) is 4.45. The van der Waals surface area contributed by atoms with Gasteiger partial charge < -0.3 is 5.32 Å². The van der Waals surface area contributed by atoms with Gasteiger partial charge in [0.1, 0.15) is 11.5 Å². The summed E-state index contributed by atoms with van der Waals surface area (Å²) in [6, 6.07) is 7.34. The van der Waals surface area contributed by atoms with Gasteiger partial charge in [0, 0.05) is 13.1 Å². The van der Waals surface area contributed by atoms with Gasteiger partial charge in [-0.25, -0.2) is 15.1 Å². The van der Waals surface area contributed by atoms with Crippen LogP contribution in [0.3, 0.4) is 0 Å². The number of rotatable bonds is 5. The first-order chi connectivity index (χ1) is 14.1. The quantitative estimate of drug-likeness (QED) is 0.645. The van der Waals surface area contributed by atoms with Crippen LogP contribution in [-0.2, 0) is 6.54 Å². The zero-order valence-electron chi connectivity index (χ0n) is 16.0. The summed E-state index contributed by atoms with van der Waals surface area (Å²) in [5.41, 5.74) is 4.91. The monoisotopic (exact) mass is 431 g/mol. The van der Waals surface area contributed by atoms with Crippen molar-refractivity contribution in [3.8, 4) is 5.69 Å². The third kappa shape index (κ3) is 4.92. The first-order valence-electron chi connectivity index (χ1n) is 9.51. The van der Waals surface area contributed by atoms with Crippen LogP contribution in [0.25, 0.3) is 5.69 Å². The number of nitrogens with zero attached hydrogens (tertiary/aromatic N) is 5. The first kappa shape index (κ1) is 19.8. The number of hydrogen-bond donors (Lipinski definition) is 2. The zero-order chi connectivity index (χ0) is 20.2. The van der Waals surface area contributed by atoms with E-state index in [2.05, 4.69) is 38.0 Å². The Morgan fingerprint density at radius 1 is 1.38 bits per heavy atom. The van der Waals surface area contributed by atoms with Crippen molar-refractivity contribution in [1.82, 2.24) is 30.7 Å². The number of hydrogen-bond acceptors (Lipinski definition) is 7. The highest BCUT2D eigenvalue weighted by Gasteiger charge is 2.15. The molecule has 0 radical (unpaired) electrons. The van der Waals surface area contributed by atoms with Crippen molar-refractivity contribution >= 4 is 34.7 Å². The van der Waals surface area contributed by atoms with Crippen molar-refractivity contribution in [2.24, 2.45) is 5.92 Å². The predicted molar refractivity (Wildman–Crippen MR) is 113 cm³/mol. The summed E-state index contributed by atoms with van der Waals surface area (Å²) < 4.78 is 2.24. The summed E-state index contributed by atoms with van der Waals surface area (Å²) in [4.78, 5) is 17.2. The summed E-state index contributed by atoms with van der Waals surface area (Å²) in [5, 5.41) is 13.2. The van der Waals surface area contributed by atoms with Crippen LogP contribution in [0.5, 0.6) is 0 Å². The molecule has 0 aliphatic carbocycles. The summed E-state index contributed by atoms with van der Waals surface area (Å²) >= 11 is 7.11. The molecule has 10 heteroatoms. The van der Waals surface area contributed by atoms with E-state index in [1.807, 2.05) is 12.1 Å². The second-order valence-corrected chi connectivity index (χ2v) is 8.79. The molecule has 0 bridgehead atoms. The van der Waals surface area contributed by atoms with Gasteiger partial charge in [-0.1, -0.05) is 23.7 Å². The summed E-state index contributed by atoms with van der Waals surface area (Å²) in [5.74, 6) is 1.39. The number of thiophene rings is 1. The average Bonchev–Trinajstić information content (AvgIpc) is 3.32. The normalized spacial score (nSPS) is 17.2. The number of hydrazine groups is 1. The number of carbonyl (C=O) groups excluding carboxylic acids is 1. The van der Waals surface area contributed by atoms with Gasteiger partial charge >= 0.3 is 0 Å². The topological polar surface area (TPSA) is 88.0 Å². The van der Waals surface area contributed by atoms with Gasteiger partial charge in [-0.05, 0) is 43.0 Å². The van der Waals surface area contributed by atoms with Crippen LogP contribution in [0.1, 0.15) is 35.1 Å². The van der Waals surface area contributed by atoms with E-state index >= 15 is 0 Å². The third-order valence-electron chi connectivity index (χ3n) is 4.75. The Hall–Kier alpha value is -2.49. The molecule has 1 fully saturated rings. The molecule has 1 amide bonds. The number of nitrogens with one attached hydrogen (secondary N) is 2. The molecule has 3 aromatic rings. The van der Waals surface area contributed by atoms with Gasteiger partial charge in [-0.2, -0.15) is 0 Å². The number of aromatic nitrogens is 4. The van der Waals surface area contributed by atoms with E-state index in [1.54, 1.807) is 29.2 Å². The molecule has 0 aromatic carbocycles. The highest BCUT2D eigenvalue weighted by atomic mass is 35.5. The SMILES string of the molecule is CC1CCCN(c2ccc(-n3cc(CNC(=O)c4ccc(Cl)s4)nn3)cn2)NC1. The molecule has 1 atom stereocenters. The lowest BCUT2D eigenvalue weighted by atomic mass is 10.1.